The molecule has 4 rings (SSSR count). The summed E-state index contributed by atoms with van der Waals surface area (Å²) >= 11 is 12.2. The summed E-state index contributed by atoms with van der Waals surface area (Å²) in [4.78, 5) is 15.0. The lowest BCUT2D eigenvalue weighted by atomic mass is 10.0. The number of carbonyl (C=O) groups is 1. The molecule has 0 aromatic heterocycles. The molecule has 5 nitrogen and oxygen atoms in total. The lowest BCUT2D eigenvalue weighted by Crippen LogP contribution is -2.43. The summed E-state index contributed by atoms with van der Waals surface area (Å²) in [6.07, 6.45) is 1.49. The maximum Gasteiger partial charge on any atom is 0.266 e. The molecule has 3 aromatic carbocycles. The Morgan fingerprint density at radius 1 is 1.00 bits per heavy atom. The minimum absolute atomic E-state index is 0.0641. The molecule has 0 bridgehead atoms. The van der Waals surface area contributed by atoms with Gasteiger partial charge in [0.25, 0.3) is 10.0 Å². The third-order valence-corrected chi connectivity index (χ3v) is 8.15. The first-order valence-electron chi connectivity index (χ1n) is 10.3. The molecule has 1 amide bonds. The van der Waals surface area contributed by atoms with Gasteiger partial charge in [0.15, 0.2) is 0 Å². The van der Waals surface area contributed by atoms with Crippen LogP contribution in [0.2, 0.25) is 10.0 Å². The van der Waals surface area contributed by atoms with E-state index in [2.05, 4.69) is 0 Å². The predicted molar refractivity (Wildman–Crippen MR) is 128 cm³/mol. The van der Waals surface area contributed by atoms with Crippen LogP contribution in [0, 0.1) is 5.82 Å². The van der Waals surface area contributed by atoms with Gasteiger partial charge in [-0.25, -0.2) is 12.8 Å². The predicted octanol–water partition coefficient (Wildman–Crippen LogP) is 5.69. The molecular weight excluding hydrogens is 486 g/mol. The van der Waals surface area contributed by atoms with Crippen LogP contribution in [0.15, 0.2) is 77.7 Å². The van der Waals surface area contributed by atoms with Crippen molar-refractivity contribution in [2.75, 3.05) is 17.4 Å². The quantitative estimate of drug-likeness (QED) is 0.431. The van der Waals surface area contributed by atoms with E-state index in [-0.39, 0.29) is 27.7 Å². The zero-order chi connectivity index (χ0) is 23.6. The molecule has 172 valence electrons. The highest BCUT2D eigenvalue weighted by molar-refractivity contribution is 7.93. The van der Waals surface area contributed by atoms with Gasteiger partial charge in [0, 0.05) is 11.6 Å². The Hall–Kier alpha value is -2.61. The molecule has 0 saturated carbocycles. The Bertz CT molecular complexity index is 1250. The van der Waals surface area contributed by atoms with Gasteiger partial charge in [-0.05, 0) is 66.9 Å². The number of amides is 1. The highest BCUT2D eigenvalue weighted by Crippen LogP contribution is 2.34. The zero-order valence-corrected chi connectivity index (χ0v) is 19.8. The smallest absolute Gasteiger partial charge is 0.266 e. The van der Waals surface area contributed by atoms with E-state index in [4.69, 9.17) is 23.2 Å². The van der Waals surface area contributed by atoms with Crippen LogP contribution < -0.4 is 4.31 Å². The van der Waals surface area contributed by atoms with Crippen LogP contribution >= 0.6 is 23.2 Å². The summed E-state index contributed by atoms with van der Waals surface area (Å²) in [5, 5.41) is 0.505. The molecule has 1 aliphatic rings. The molecule has 0 radical (unpaired) electrons. The second kappa shape index (κ2) is 9.71. The summed E-state index contributed by atoms with van der Waals surface area (Å²) in [5.41, 5.74) is 1.11. The first kappa shape index (κ1) is 23.5. The summed E-state index contributed by atoms with van der Waals surface area (Å²) in [5.74, 6) is -0.707. The molecule has 9 heteroatoms. The number of halogens is 3. The summed E-state index contributed by atoms with van der Waals surface area (Å²) in [7, 11) is -4.15. The molecule has 1 unspecified atom stereocenters. The van der Waals surface area contributed by atoms with Crippen LogP contribution in [0.4, 0.5) is 10.1 Å². The van der Waals surface area contributed by atoms with Crippen molar-refractivity contribution in [3.63, 3.8) is 0 Å². The van der Waals surface area contributed by atoms with Crippen molar-refractivity contribution in [1.29, 1.82) is 0 Å². The van der Waals surface area contributed by atoms with Crippen LogP contribution in [-0.4, -0.2) is 32.3 Å². The number of rotatable bonds is 6. The van der Waals surface area contributed by atoms with Crippen LogP contribution in [0.1, 0.15) is 24.4 Å². The topological polar surface area (TPSA) is 57.7 Å². The third kappa shape index (κ3) is 5.00. The lowest BCUT2D eigenvalue weighted by molar-refractivity contribution is -0.130. The number of likely N-dealkylation sites (tertiary alicyclic amines) is 1. The molecular formula is C24H21Cl2FN2O3S. The summed E-state index contributed by atoms with van der Waals surface area (Å²) in [6, 6.07) is 18.1. The minimum atomic E-state index is -4.15. The van der Waals surface area contributed by atoms with E-state index in [9.17, 15) is 17.6 Å². The van der Waals surface area contributed by atoms with Gasteiger partial charge in [-0.1, -0.05) is 47.5 Å². The maximum atomic E-state index is 13.6. The standard InChI is InChI=1S/C24H21Cl2FN2O3S/c25-18-9-13-20(14-10-18)29(33(31,32)23-6-2-1-4-21(23)26)16-24(30)28-15-3-5-22(28)17-7-11-19(27)12-8-17/h1-2,4,6-14,22H,3,5,15-16H2. The SMILES string of the molecule is O=C(CN(c1ccc(Cl)cc1)S(=O)(=O)c1ccccc1Cl)N1CCCC1c1ccc(F)cc1. The van der Waals surface area contributed by atoms with Crippen molar-refractivity contribution in [1.82, 2.24) is 4.90 Å². The fourth-order valence-electron chi connectivity index (χ4n) is 4.01. The van der Waals surface area contributed by atoms with Gasteiger partial charge in [0.05, 0.1) is 16.8 Å². The number of hydrogen-bond acceptors (Lipinski definition) is 3. The zero-order valence-electron chi connectivity index (χ0n) is 17.5. The number of hydrogen-bond donors (Lipinski definition) is 0. The molecule has 1 saturated heterocycles. The second-order valence-electron chi connectivity index (χ2n) is 7.72. The highest BCUT2D eigenvalue weighted by Gasteiger charge is 2.34. The van der Waals surface area contributed by atoms with Crippen molar-refractivity contribution in [2.24, 2.45) is 0 Å². The molecule has 0 aliphatic carbocycles. The number of sulfonamides is 1. The fourth-order valence-corrected chi connectivity index (χ4v) is 6.04. The number of anilines is 1. The maximum absolute atomic E-state index is 13.6. The molecule has 1 aliphatic heterocycles. The van der Waals surface area contributed by atoms with E-state index < -0.39 is 16.6 Å². The Labute approximate surface area is 202 Å². The van der Waals surface area contributed by atoms with Gasteiger partial charge in [-0.15, -0.1) is 0 Å². The number of benzene rings is 3. The summed E-state index contributed by atoms with van der Waals surface area (Å²) in [6.45, 7) is 0.0777. The Morgan fingerprint density at radius 2 is 1.67 bits per heavy atom. The van der Waals surface area contributed by atoms with Gasteiger partial charge in [0.2, 0.25) is 5.91 Å². The van der Waals surface area contributed by atoms with Gasteiger partial charge in [-0.2, -0.15) is 0 Å². The average molecular weight is 507 g/mol. The molecule has 1 heterocycles. The average Bonchev–Trinajstić information content (AvgIpc) is 3.29. The molecule has 33 heavy (non-hydrogen) atoms. The third-order valence-electron chi connectivity index (χ3n) is 5.63. The summed E-state index contributed by atoms with van der Waals surface area (Å²) < 4.78 is 41.6. The van der Waals surface area contributed by atoms with E-state index in [0.717, 1.165) is 22.7 Å². The van der Waals surface area contributed by atoms with Gasteiger partial charge in [-0.3, -0.25) is 9.10 Å². The van der Waals surface area contributed by atoms with Gasteiger partial charge in [0.1, 0.15) is 17.3 Å². The molecule has 3 aromatic rings. The molecule has 0 N–H and O–H groups in total. The van der Waals surface area contributed by atoms with Crippen LogP contribution in [0.25, 0.3) is 0 Å². The minimum Gasteiger partial charge on any atom is -0.334 e. The van der Waals surface area contributed by atoms with E-state index in [1.54, 1.807) is 53.4 Å². The van der Waals surface area contributed by atoms with E-state index in [1.165, 1.54) is 24.3 Å². The second-order valence-corrected chi connectivity index (χ2v) is 10.4. The first-order valence-corrected chi connectivity index (χ1v) is 12.5. The molecule has 0 spiro atoms. The van der Waals surface area contributed by atoms with E-state index >= 15 is 0 Å². The van der Waals surface area contributed by atoms with Crippen molar-refractivity contribution in [3.8, 4) is 0 Å². The van der Waals surface area contributed by atoms with Crippen molar-refractivity contribution < 1.29 is 17.6 Å². The van der Waals surface area contributed by atoms with E-state index in [1.807, 2.05) is 0 Å². The Kier molecular flexibility index (Phi) is 6.93. The largest absolute Gasteiger partial charge is 0.334 e. The van der Waals surface area contributed by atoms with Crippen molar-refractivity contribution in [2.45, 2.75) is 23.8 Å². The normalized spacial score (nSPS) is 16.1. The van der Waals surface area contributed by atoms with Crippen LogP contribution in [0.3, 0.4) is 0 Å². The highest BCUT2D eigenvalue weighted by atomic mass is 35.5. The van der Waals surface area contributed by atoms with Crippen LogP contribution in [0.5, 0.6) is 0 Å². The first-order chi connectivity index (χ1) is 15.8. The molecule has 1 fully saturated rings. The monoisotopic (exact) mass is 506 g/mol. The van der Waals surface area contributed by atoms with E-state index in [0.29, 0.717) is 17.3 Å². The van der Waals surface area contributed by atoms with Gasteiger partial charge < -0.3 is 4.90 Å². The molecule has 1 atom stereocenters. The van der Waals surface area contributed by atoms with Gasteiger partial charge >= 0.3 is 0 Å². The number of nitrogens with zero attached hydrogens (tertiary/aromatic N) is 2. The fraction of sp³-hybridized carbons (Fsp3) is 0.208. The lowest BCUT2D eigenvalue weighted by Gasteiger charge is -2.30. The number of carbonyl (C=O) groups excluding carboxylic acids is 1. The Morgan fingerprint density at radius 3 is 2.33 bits per heavy atom. The van der Waals surface area contributed by atoms with Crippen molar-refractivity contribution >= 4 is 44.8 Å². The van der Waals surface area contributed by atoms with Crippen molar-refractivity contribution in [3.05, 3.63) is 94.2 Å². The Balaban J connectivity index is 1.68. The van der Waals surface area contributed by atoms with Crippen LogP contribution in [-0.2, 0) is 14.8 Å².